The molecule has 1 aliphatic rings. The second-order valence-electron chi connectivity index (χ2n) is 4.29. The maximum absolute atomic E-state index is 5.96. The van der Waals surface area contributed by atoms with Gasteiger partial charge in [0.2, 0.25) is 0 Å². The minimum Gasteiger partial charge on any atom is -0.327 e. The Bertz CT molecular complexity index is 146. The average Bonchev–Trinajstić information content (AvgIpc) is 2.03. The summed E-state index contributed by atoms with van der Waals surface area (Å²) in [6, 6.07) is 0.396. The van der Waals surface area contributed by atoms with E-state index >= 15 is 0 Å². The molecule has 0 aromatic rings. The minimum atomic E-state index is 0.396. The van der Waals surface area contributed by atoms with Gasteiger partial charge in [-0.1, -0.05) is 13.0 Å². The number of piperidine rings is 1. The third-order valence-electron chi connectivity index (χ3n) is 2.65. The van der Waals surface area contributed by atoms with Gasteiger partial charge in [0.25, 0.3) is 0 Å². The van der Waals surface area contributed by atoms with Crippen LogP contribution in [0.2, 0.25) is 0 Å². The van der Waals surface area contributed by atoms with Crippen LogP contribution in [-0.4, -0.2) is 30.6 Å². The summed E-state index contributed by atoms with van der Waals surface area (Å²) in [5.74, 6) is 0.771. The van der Waals surface area contributed by atoms with Gasteiger partial charge in [-0.15, -0.1) is 6.58 Å². The van der Waals surface area contributed by atoms with E-state index in [0.717, 1.165) is 18.9 Å². The number of rotatable bonds is 4. The summed E-state index contributed by atoms with van der Waals surface area (Å²) in [6.45, 7) is 9.52. The van der Waals surface area contributed by atoms with Crippen molar-refractivity contribution in [3.05, 3.63) is 12.7 Å². The topological polar surface area (TPSA) is 29.3 Å². The van der Waals surface area contributed by atoms with Gasteiger partial charge in [0.15, 0.2) is 0 Å². The molecule has 0 aromatic heterocycles. The molecule has 2 N–H and O–H groups in total. The quantitative estimate of drug-likeness (QED) is 0.529. The molecule has 0 saturated carbocycles. The van der Waals surface area contributed by atoms with Gasteiger partial charge in [-0.2, -0.15) is 0 Å². The second kappa shape index (κ2) is 5.40. The van der Waals surface area contributed by atoms with Gasteiger partial charge in [-0.3, -0.25) is 0 Å². The van der Waals surface area contributed by atoms with Crippen LogP contribution in [0.4, 0.5) is 0 Å². The Kier molecular flexibility index (Phi) is 4.46. The van der Waals surface area contributed by atoms with E-state index in [0.29, 0.717) is 6.04 Å². The molecule has 1 saturated heterocycles. The molecule has 0 bridgehead atoms. The fourth-order valence-electron chi connectivity index (χ4n) is 2.15. The molecule has 0 aromatic carbocycles. The van der Waals surface area contributed by atoms with Crippen LogP contribution < -0.4 is 5.73 Å². The third kappa shape index (κ3) is 3.92. The highest BCUT2D eigenvalue weighted by Gasteiger charge is 2.20. The summed E-state index contributed by atoms with van der Waals surface area (Å²) < 4.78 is 0. The molecular weight excluding hydrogens is 160 g/mol. The highest BCUT2D eigenvalue weighted by molar-refractivity contribution is 4.79. The maximum Gasteiger partial charge on any atom is 0.0170 e. The van der Waals surface area contributed by atoms with E-state index in [9.17, 15) is 0 Å². The summed E-state index contributed by atoms with van der Waals surface area (Å²) in [7, 11) is 0. The molecule has 1 rings (SSSR count). The largest absolute Gasteiger partial charge is 0.327 e. The molecule has 0 radical (unpaired) electrons. The van der Waals surface area contributed by atoms with Crippen molar-refractivity contribution >= 4 is 0 Å². The highest BCUT2D eigenvalue weighted by Crippen LogP contribution is 2.15. The lowest BCUT2D eigenvalue weighted by Gasteiger charge is -2.34. The number of unbranched alkanes of at least 4 members (excludes halogenated alkanes) is 1. The molecule has 13 heavy (non-hydrogen) atoms. The van der Waals surface area contributed by atoms with Crippen LogP contribution in [-0.2, 0) is 0 Å². The molecule has 76 valence electrons. The van der Waals surface area contributed by atoms with Gasteiger partial charge in [0.1, 0.15) is 0 Å². The molecule has 1 fully saturated rings. The van der Waals surface area contributed by atoms with E-state index < -0.39 is 0 Å². The SMILES string of the molecule is C=CCCCN1CC(C)CC(N)C1. The zero-order valence-electron chi connectivity index (χ0n) is 8.71. The lowest BCUT2D eigenvalue weighted by molar-refractivity contribution is 0.164. The highest BCUT2D eigenvalue weighted by atomic mass is 15.1. The van der Waals surface area contributed by atoms with Crippen LogP contribution >= 0.6 is 0 Å². The summed E-state index contributed by atoms with van der Waals surface area (Å²) in [5, 5.41) is 0. The lowest BCUT2D eigenvalue weighted by atomic mass is 9.96. The van der Waals surface area contributed by atoms with Crippen molar-refractivity contribution in [2.75, 3.05) is 19.6 Å². The van der Waals surface area contributed by atoms with Gasteiger partial charge >= 0.3 is 0 Å². The summed E-state index contributed by atoms with van der Waals surface area (Å²) in [6.07, 6.45) is 5.54. The number of hydrogen-bond acceptors (Lipinski definition) is 2. The van der Waals surface area contributed by atoms with Gasteiger partial charge in [-0.25, -0.2) is 0 Å². The van der Waals surface area contributed by atoms with E-state index in [2.05, 4.69) is 18.4 Å². The Balaban J connectivity index is 2.20. The number of allylic oxidation sites excluding steroid dienone is 1. The van der Waals surface area contributed by atoms with E-state index in [1.165, 1.54) is 25.9 Å². The van der Waals surface area contributed by atoms with Crippen LogP contribution in [0.15, 0.2) is 12.7 Å². The third-order valence-corrected chi connectivity index (χ3v) is 2.65. The Morgan fingerprint density at radius 1 is 1.54 bits per heavy atom. The summed E-state index contributed by atoms with van der Waals surface area (Å²) in [5.41, 5.74) is 5.96. The fourth-order valence-corrected chi connectivity index (χ4v) is 2.15. The predicted molar refractivity (Wildman–Crippen MR) is 57.6 cm³/mol. The Hall–Kier alpha value is -0.340. The van der Waals surface area contributed by atoms with Crippen molar-refractivity contribution in [2.45, 2.75) is 32.2 Å². The minimum absolute atomic E-state index is 0.396. The zero-order valence-corrected chi connectivity index (χ0v) is 8.71. The van der Waals surface area contributed by atoms with Gasteiger partial charge in [0.05, 0.1) is 0 Å². The van der Waals surface area contributed by atoms with Crippen molar-refractivity contribution in [3.63, 3.8) is 0 Å². The van der Waals surface area contributed by atoms with E-state index in [1.54, 1.807) is 0 Å². The number of nitrogens with two attached hydrogens (primary N) is 1. The van der Waals surface area contributed by atoms with Crippen LogP contribution in [0.3, 0.4) is 0 Å². The fraction of sp³-hybridized carbons (Fsp3) is 0.818. The van der Waals surface area contributed by atoms with E-state index in [1.807, 2.05) is 6.08 Å². The van der Waals surface area contributed by atoms with Gasteiger partial charge in [0, 0.05) is 19.1 Å². The number of hydrogen-bond donors (Lipinski definition) is 1. The van der Waals surface area contributed by atoms with Crippen molar-refractivity contribution in [3.8, 4) is 0 Å². The molecule has 1 heterocycles. The molecule has 0 amide bonds. The van der Waals surface area contributed by atoms with Crippen LogP contribution in [0.5, 0.6) is 0 Å². The van der Waals surface area contributed by atoms with E-state index in [4.69, 9.17) is 5.73 Å². The predicted octanol–water partition coefficient (Wildman–Crippen LogP) is 1.62. The second-order valence-corrected chi connectivity index (χ2v) is 4.29. The molecule has 0 spiro atoms. The van der Waals surface area contributed by atoms with Gasteiger partial charge in [-0.05, 0) is 31.7 Å². The summed E-state index contributed by atoms with van der Waals surface area (Å²) in [4.78, 5) is 2.49. The van der Waals surface area contributed by atoms with Crippen LogP contribution in [0, 0.1) is 5.92 Å². The average molecular weight is 182 g/mol. The Morgan fingerprint density at radius 3 is 2.92 bits per heavy atom. The first kappa shape index (κ1) is 10.7. The number of likely N-dealkylation sites (tertiary alicyclic amines) is 1. The first-order valence-corrected chi connectivity index (χ1v) is 5.31. The van der Waals surface area contributed by atoms with Crippen molar-refractivity contribution in [1.82, 2.24) is 4.90 Å². The smallest absolute Gasteiger partial charge is 0.0170 e. The van der Waals surface area contributed by atoms with E-state index in [-0.39, 0.29) is 0 Å². The van der Waals surface area contributed by atoms with Gasteiger partial charge < -0.3 is 10.6 Å². The zero-order chi connectivity index (χ0) is 9.68. The normalized spacial score (nSPS) is 30.3. The maximum atomic E-state index is 5.96. The van der Waals surface area contributed by atoms with Crippen LogP contribution in [0.1, 0.15) is 26.2 Å². The first-order valence-electron chi connectivity index (χ1n) is 5.31. The Morgan fingerprint density at radius 2 is 2.31 bits per heavy atom. The monoisotopic (exact) mass is 182 g/mol. The first-order chi connectivity index (χ1) is 6.22. The molecule has 2 heteroatoms. The molecule has 0 aliphatic carbocycles. The van der Waals surface area contributed by atoms with Crippen molar-refractivity contribution in [1.29, 1.82) is 0 Å². The Labute approximate surface area is 81.8 Å². The molecule has 2 unspecified atom stereocenters. The van der Waals surface area contributed by atoms with Crippen molar-refractivity contribution < 1.29 is 0 Å². The molecule has 1 aliphatic heterocycles. The van der Waals surface area contributed by atoms with Crippen LogP contribution in [0.25, 0.3) is 0 Å². The van der Waals surface area contributed by atoms with Crippen molar-refractivity contribution in [2.24, 2.45) is 11.7 Å². The number of nitrogens with zero attached hydrogens (tertiary/aromatic N) is 1. The standard InChI is InChI=1S/C11H22N2/c1-3-4-5-6-13-8-10(2)7-11(12)9-13/h3,10-11H,1,4-9,12H2,2H3. The lowest BCUT2D eigenvalue weighted by Crippen LogP contribution is -2.46. The molecule has 2 nitrogen and oxygen atoms in total. The molecule has 2 atom stereocenters. The summed E-state index contributed by atoms with van der Waals surface area (Å²) >= 11 is 0. The molecular formula is C11H22N2.